The highest BCUT2D eigenvalue weighted by atomic mass is 16.5. The molecule has 1 aliphatic carbocycles. The minimum Gasteiger partial charge on any atom is -0.489 e. The first-order chi connectivity index (χ1) is 9.90. The van der Waals surface area contributed by atoms with Gasteiger partial charge in [0.25, 0.3) is 0 Å². The predicted molar refractivity (Wildman–Crippen MR) is 90.0 cm³/mol. The Balaban J connectivity index is 2.11. The molecule has 0 aromatic heterocycles. The highest BCUT2D eigenvalue weighted by Crippen LogP contribution is 2.30. The lowest BCUT2D eigenvalue weighted by Gasteiger charge is -2.35. The van der Waals surface area contributed by atoms with Crippen LogP contribution in [0.2, 0.25) is 0 Å². The third-order valence-corrected chi connectivity index (χ3v) is 4.51. The fraction of sp³-hybridized carbons (Fsp3) is 0.684. The number of ether oxygens (including phenoxy) is 1. The Labute approximate surface area is 130 Å². The van der Waals surface area contributed by atoms with Gasteiger partial charge in [-0.3, -0.25) is 0 Å². The van der Waals surface area contributed by atoms with Crippen molar-refractivity contribution in [2.45, 2.75) is 71.4 Å². The fourth-order valence-electron chi connectivity index (χ4n) is 3.17. The lowest BCUT2D eigenvalue weighted by atomic mass is 9.84. The first kappa shape index (κ1) is 16.4. The monoisotopic (exact) mass is 289 g/mol. The number of benzene rings is 1. The summed E-state index contributed by atoms with van der Waals surface area (Å²) < 4.78 is 6.36. The van der Waals surface area contributed by atoms with Gasteiger partial charge >= 0.3 is 0 Å². The van der Waals surface area contributed by atoms with Crippen LogP contribution < -0.4 is 10.1 Å². The van der Waals surface area contributed by atoms with Crippen LogP contribution in [0.25, 0.3) is 0 Å². The van der Waals surface area contributed by atoms with E-state index in [9.17, 15) is 0 Å². The van der Waals surface area contributed by atoms with Crippen molar-refractivity contribution in [2.75, 3.05) is 6.54 Å². The van der Waals surface area contributed by atoms with Crippen LogP contribution in [0.15, 0.2) is 24.3 Å². The van der Waals surface area contributed by atoms with Crippen molar-refractivity contribution in [3.05, 3.63) is 29.8 Å². The molecule has 118 valence electrons. The molecule has 1 fully saturated rings. The van der Waals surface area contributed by atoms with Crippen LogP contribution in [-0.2, 0) is 5.41 Å². The summed E-state index contributed by atoms with van der Waals surface area (Å²) in [5, 5.41) is 3.60. The summed E-state index contributed by atoms with van der Waals surface area (Å²) in [6, 6.07) is 9.10. The molecule has 1 aliphatic rings. The van der Waals surface area contributed by atoms with Crippen LogP contribution in [0.1, 0.15) is 59.4 Å². The van der Waals surface area contributed by atoms with Crippen LogP contribution in [0, 0.1) is 5.92 Å². The van der Waals surface area contributed by atoms with Gasteiger partial charge in [0.15, 0.2) is 0 Å². The second-order valence-corrected chi connectivity index (χ2v) is 7.52. The van der Waals surface area contributed by atoms with E-state index < -0.39 is 0 Å². The molecule has 3 unspecified atom stereocenters. The van der Waals surface area contributed by atoms with Crippen LogP contribution >= 0.6 is 0 Å². The maximum Gasteiger partial charge on any atom is 0.120 e. The Morgan fingerprint density at radius 2 is 2.00 bits per heavy atom. The summed E-state index contributed by atoms with van der Waals surface area (Å²) in [6.07, 6.45) is 3.97. The Kier molecular flexibility index (Phi) is 5.32. The Morgan fingerprint density at radius 3 is 2.67 bits per heavy atom. The molecule has 21 heavy (non-hydrogen) atoms. The summed E-state index contributed by atoms with van der Waals surface area (Å²) >= 11 is 0. The molecule has 0 saturated heterocycles. The number of likely N-dealkylation sites (N-methyl/N-ethyl adjacent to an activating group) is 1. The van der Waals surface area contributed by atoms with E-state index in [0.717, 1.165) is 24.6 Å². The normalized spacial score (nSPS) is 26.6. The molecule has 2 rings (SSSR count). The number of hydrogen-bond acceptors (Lipinski definition) is 2. The van der Waals surface area contributed by atoms with Gasteiger partial charge in [-0.2, -0.15) is 0 Å². The Hall–Kier alpha value is -1.02. The maximum absolute atomic E-state index is 6.36. The van der Waals surface area contributed by atoms with Gasteiger partial charge in [0.2, 0.25) is 0 Å². The van der Waals surface area contributed by atoms with Crippen LogP contribution in [0.3, 0.4) is 0 Å². The Morgan fingerprint density at radius 1 is 1.24 bits per heavy atom. The third-order valence-electron chi connectivity index (χ3n) is 4.51. The maximum atomic E-state index is 6.36. The van der Waals surface area contributed by atoms with Crippen molar-refractivity contribution in [1.82, 2.24) is 5.32 Å². The van der Waals surface area contributed by atoms with Crippen molar-refractivity contribution >= 4 is 0 Å². The number of nitrogens with one attached hydrogen (secondary N) is 1. The van der Waals surface area contributed by atoms with Gasteiger partial charge < -0.3 is 10.1 Å². The summed E-state index contributed by atoms with van der Waals surface area (Å²) in [5.74, 6) is 1.78. The van der Waals surface area contributed by atoms with Gasteiger partial charge in [0, 0.05) is 6.04 Å². The van der Waals surface area contributed by atoms with Crippen LogP contribution in [-0.4, -0.2) is 18.7 Å². The van der Waals surface area contributed by atoms with Crippen molar-refractivity contribution in [2.24, 2.45) is 5.92 Å². The molecule has 0 radical (unpaired) electrons. The third kappa shape index (κ3) is 4.47. The zero-order chi connectivity index (χ0) is 15.5. The minimum atomic E-state index is 0.167. The molecule has 1 aromatic rings. The van der Waals surface area contributed by atoms with Crippen molar-refractivity contribution in [1.29, 1.82) is 0 Å². The predicted octanol–water partition coefficient (Wildman–Crippen LogP) is 4.53. The molecule has 2 heteroatoms. The zero-order valence-corrected chi connectivity index (χ0v) is 14.3. The summed E-state index contributed by atoms with van der Waals surface area (Å²) in [6.45, 7) is 12.3. The topological polar surface area (TPSA) is 21.3 Å². The molecular weight excluding hydrogens is 258 g/mol. The molecule has 0 heterocycles. The van der Waals surface area contributed by atoms with E-state index in [1.807, 2.05) is 0 Å². The summed E-state index contributed by atoms with van der Waals surface area (Å²) in [7, 11) is 0. The highest BCUT2D eigenvalue weighted by molar-refractivity contribution is 5.32. The van der Waals surface area contributed by atoms with Crippen molar-refractivity contribution in [3.63, 3.8) is 0 Å². The minimum absolute atomic E-state index is 0.167. The molecule has 0 amide bonds. The van der Waals surface area contributed by atoms with E-state index in [0.29, 0.717) is 12.1 Å². The average molecular weight is 289 g/mol. The smallest absolute Gasteiger partial charge is 0.120 e. The van der Waals surface area contributed by atoms with Gasteiger partial charge in [-0.05, 0) is 54.8 Å². The van der Waals surface area contributed by atoms with Crippen LogP contribution in [0.4, 0.5) is 0 Å². The van der Waals surface area contributed by atoms with Gasteiger partial charge in [0.1, 0.15) is 11.9 Å². The van der Waals surface area contributed by atoms with Gasteiger partial charge in [-0.15, -0.1) is 0 Å². The van der Waals surface area contributed by atoms with Gasteiger partial charge in [-0.25, -0.2) is 0 Å². The second-order valence-electron chi connectivity index (χ2n) is 7.52. The first-order valence-corrected chi connectivity index (χ1v) is 8.40. The molecule has 1 aromatic carbocycles. The lowest BCUT2D eigenvalue weighted by Crippen LogP contribution is -2.46. The van der Waals surface area contributed by atoms with Crippen molar-refractivity contribution < 1.29 is 4.74 Å². The number of rotatable bonds is 4. The molecule has 2 nitrogen and oxygen atoms in total. The summed E-state index contributed by atoms with van der Waals surface area (Å²) in [4.78, 5) is 0. The molecule has 3 atom stereocenters. The molecule has 1 N–H and O–H groups in total. The second kappa shape index (κ2) is 6.83. The largest absolute Gasteiger partial charge is 0.489 e. The molecule has 0 spiro atoms. The van der Waals surface area contributed by atoms with Gasteiger partial charge in [0.05, 0.1) is 0 Å². The Bertz CT molecular complexity index is 449. The standard InChI is InChI=1S/C19H31NO/c1-6-20-17-11-10-14(2)12-18(17)21-16-9-7-8-15(13-16)19(3,4)5/h7-9,13-14,17-18,20H,6,10-12H2,1-5H3. The SMILES string of the molecule is CCNC1CCC(C)CC1Oc1cccc(C(C)(C)C)c1. The van der Waals surface area contributed by atoms with Crippen LogP contribution in [0.5, 0.6) is 5.75 Å². The molecular formula is C19H31NO. The van der Waals surface area contributed by atoms with E-state index in [1.165, 1.54) is 18.4 Å². The fourth-order valence-corrected chi connectivity index (χ4v) is 3.17. The van der Waals surface area contributed by atoms with Gasteiger partial charge in [-0.1, -0.05) is 46.8 Å². The zero-order valence-electron chi connectivity index (χ0n) is 14.3. The van der Waals surface area contributed by atoms with E-state index in [2.05, 4.69) is 64.2 Å². The number of hydrogen-bond donors (Lipinski definition) is 1. The molecule has 0 bridgehead atoms. The summed E-state index contributed by atoms with van der Waals surface area (Å²) in [5.41, 5.74) is 1.50. The molecule has 1 saturated carbocycles. The highest BCUT2D eigenvalue weighted by Gasteiger charge is 2.29. The lowest BCUT2D eigenvalue weighted by molar-refractivity contribution is 0.0915. The average Bonchev–Trinajstić information content (AvgIpc) is 2.41. The van der Waals surface area contributed by atoms with E-state index in [-0.39, 0.29) is 5.41 Å². The van der Waals surface area contributed by atoms with E-state index in [1.54, 1.807) is 0 Å². The molecule has 0 aliphatic heterocycles. The van der Waals surface area contributed by atoms with E-state index in [4.69, 9.17) is 4.74 Å². The van der Waals surface area contributed by atoms with Crippen molar-refractivity contribution in [3.8, 4) is 5.75 Å². The quantitative estimate of drug-likeness (QED) is 0.879. The first-order valence-electron chi connectivity index (χ1n) is 8.40. The van der Waals surface area contributed by atoms with E-state index >= 15 is 0 Å².